The van der Waals surface area contributed by atoms with Gasteiger partial charge in [0.2, 0.25) is 0 Å². The highest BCUT2D eigenvalue weighted by molar-refractivity contribution is 5.34. The van der Waals surface area contributed by atoms with E-state index in [1.807, 2.05) is 12.1 Å². The van der Waals surface area contributed by atoms with Crippen LogP contribution in [0.4, 0.5) is 8.78 Å². The number of rotatable bonds is 3. The predicted molar refractivity (Wildman–Crippen MR) is 80.2 cm³/mol. The third-order valence-electron chi connectivity index (χ3n) is 4.40. The molecular formula is C18H19F2N. The van der Waals surface area contributed by atoms with E-state index < -0.39 is 11.6 Å². The first-order valence-electron chi connectivity index (χ1n) is 7.42. The molecule has 1 aliphatic carbocycles. The lowest BCUT2D eigenvalue weighted by atomic mass is 9.77. The van der Waals surface area contributed by atoms with Gasteiger partial charge in [-0.2, -0.15) is 0 Å². The second-order valence-electron chi connectivity index (χ2n) is 5.80. The van der Waals surface area contributed by atoms with E-state index >= 15 is 0 Å². The maximum Gasteiger partial charge on any atom is 0.129 e. The van der Waals surface area contributed by atoms with Crippen LogP contribution < -0.4 is 5.73 Å². The summed E-state index contributed by atoms with van der Waals surface area (Å²) in [6.45, 7) is 0. The zero-order valence-electron chi connectivity index (χ0n) is 11.9. The molecule has 2 N–H and O–H groups in total. The molecule has 110 valence electrons. The van der Waals surface area contributed by atoms with Gasteiger partial charge in [0.05, 0.1) is 0 Å². The first-order chi connectivity index (χ1) is 10.1. The van der Waals surface area contributed by atoms with Crippen LogP contribution in [-0.2, 0) is 12.8 Å². The van der Waals surface area contributed by atoms with Gasteiger partial charge >= 0.3 is 0 Å². The van der Waals surface area contributed by atoms with E-state index in [2.05, 4.69) is 12.1 Å². The molecule has 3 heteroatoms. The highest BCUT2D eigenvalue weighted by Crippen LogP contribution is 2.34. The van der Waals surface area contributed by atoms with Crippen LogP contribution in [0.1, 0.15) is 35.4 Å². The summed E-state index contributed by atoms with van der Waals surface area (Å²) in [5, 5.41) is 0. The minimum absolute atomic E-state index is 0.147. The molecule has 1 nitrogen and oxygen atoms in total. The predicted octanol–water partition coefficient (Wildman–Crippen LogP) is 3.95. The Hall–Kier alpha value is -1.74. The Bertz CT molecular complexity index is 639. The summed E-state index contributed by atoms with van der Waals surface area (Å²) < 4.78 is 26.7. The van der Waals surface area contributed by atoms with E-state index in [1.54, 1.807) is 0 Å². The summed E-state index contributed by atoms with van der Waals surface area (Å²) in [5.41, 5.74) is 9.48. The van der Waals surface area contributed by atoms with Crippen LogP contribution in [-0.4, -0.2) is 6.04 Å². The third-order valence-corrected chi connectivity index (χ3v) is 4.40. The number of hydrogen-bond acceptors (Lipinski definition) is 1. The van der Waals surface area contributed by atoms with Crippen molar-refractivity contribution in [1.29, 1.82) is 0 Å². The van der Waals surface area contributed by atoms with Crippen LogP contribution in [0.2, 0.25) is 0 Å². The molecule has 0 bridgehead atoms. The SMILES string of the molecule is NC(Cc1ccc(F)cc1F)C1CCCc2ccccc21. The number of benzene rings is 2. The summed E-state index contributed by atoms with van der Waals surface area (Å²) in [7, 11) is 0. The number of fused-ring (bicyclic) bond motifs is 1. The smallest absolute Gasteiger partial charge is 0.129 e. The van der Waals surface area contributed by atoms with Crippen molar-refractivity contribution in [2.45, 2.75) is 37.6 Å². The topological polar surface area (TPSA) is 26.0 Å². The van der Waals surface area contributed by atoms with Crippen LogP contribution in [0.5, 0.6) is 0 Å². The molecule has 0 amide bonds. The highest BCUT2D eigenvalue weighted by Gasteiger charge is 2.26. The quantitative estimate of drug-likeness (QED) is 0.908. The second kappa shape index (κ2) is 5.94. The normalized spacial score (nSPS) is 19.1. The fourth-order valence-corrected chi connectivity index (χ4v) is 3.32. The van der Waals surface area contributed by atoms with Gasteiger partial charge in [-0.3, -0.25) is 0 Å². The summed E-state index contributed by atoms with van der Waals surface area (Å²) in [4.78, 5) is 0. The van der Waals surface area contributed by atoms with Gasteiger partial charge < -0.3 is 5.73 Å². The van der Waals surface area contributed by atoms with Crippen LogP contribution >= 0.6 is 0 Å². The van der Waals surface area contributed by atoms with Crippen molar-refractivity contribution in [1.82, 2.24) is 0 Å². The van der Waals surface area contributed by atoms with E-state index in [1.165, 1.54) is 23.3 Å². The number of hydrogen-bond donors (Lipinski definition) is 1. The summed E-state index contributed by atoms with van der Waals surface area (Å²) in [6.07, 6.45) is 3.66. The van der Waals surface area contributed by atoms with Crippen molar-refractivity contribution < 1.29 is 8.78 Å². The summed E-state index contributed by atoms with van der Waals surface area (Å²) in [6, 6.07) is 11.9. The summed E-state index contributed by atoms with van der Waals surface area (Å²) >= 11 is 0. The fourth-order valence-electron chi connectivity index (χ4n) is 3.32. The Morgan fingerprint density at radius 2 is 1.95 bits per heavy atom. The van der Waals surface area contributed by atoms with Crippen molar-refractivity contribution in [2.75, 3.05) is 0 Å². The van der Waals surface area contributed by atoms with Gasteiger partial charge in [-0.05, 0) is 54.4 Å². The van der Waals surface area contributed by atoms with E-state index in [9.17, 15) is 8.78 Å². The van der Waals surface area contributed by atoms with Gasteiger partial charge in [-0.1, -0.05) is 30.3 Å². The fraction of sp³-hybridized carbons (Fsp3) is 0.333. The average Bonchev–Trinajstić information content (AvgIpc) is 2.49. The zero-order chi connectivity index (χ0) is 14.8. The van der Waals surface area contributed by atoms with Gasteiger partial charge in [-0.15, -0.1) is 0 Å². The molecule has 0 fully saturated rings. The van der Waals surface area contributed by atoms with Gasteiger partial charge in [0.15, 0.2) is 0 Å². The van der Waals surface area contributed by atoms with E-state index in [0.717, 1.165) is 25.3 Å². The minimum Gasteiger partial charge on any atom is -0.327 e. The summed E-state index contributed by atoms with van der Waals surface area (Å²) in [5.74, 6) is -0.804. The van der Waals surface area contributed by atoms with Crippen LogP contribution in [0.15, 0.2) is 42.5 Å². The molecule has 0 radical (unpaired) electrons. The van der Waals surface area contributed by atoms with Gasteiger partial charge in [0.25, 0.3) is 0 Å². The Labute approximate surface area is 123 Å². The molecule has 2 atom stereocenters. The largest absolute Gasteiger partial charge is 0.327 e. The molecule has 2 unspecified atom stereocenters. The Morgan fingerprint density at radius 1 is 1.14 bits per heavy atom. The van der Waals surface area contributed by atoms with E-state index in [0.29, 0.717) is 12.0 Å². The maximum absolute atomic E-state index is 13.8. The maximum atomic E-state index is 13.8. The minimum atomic E-state index is -0.548. The number of aryl methyl sites for hydroxylation is 1. The second-order valence-corrected chi connectivity index (χ2v) is 5.80. The lowest BCUT2D eigenvalue weighted by Crippen LogP contribution is -2.33. The molecule has 0 spiro atoms. The monoisotopic (exact) mass is 287 g/mol. The van der Waals surface area contributed by atoms with Crippen LogP contribution in [0.25, 0.3) is 0 Å². The van der Waals surface area contributed by atoms with Crippen molar-refractivity contribution >= 4 is 0 Å². The van der Waals surface area contributed by atoms with Gasteiger partial charge in [-0.25, -0.2) is 8.78 Å². The number of halogens is 2. The van der Waals surface area contributed by atoms with Crippen molar-refractivity contribution in [3.05, 3.63) is 70.8 Å². The Kier molecular flexibility index (Phi) is 4.02. The first-order valence-corrected chi connectivity index (χ1v) is 7.42. The molecule has 3 rings (SSSR count). The molecule has 0 saturated heterocycles. The molecule has 0 aliphatic heterocycles. The molecule has 0 aromatic heterocycles. The van der Waals surface area contributed by atoms with E-state index in [4.69, 9.17) is 5.73 Å². The molecule has 1 aliphatic rings. The van der Waals surface area contributed by atoms with Crippen LogP contribution in [0.3, 0.4) is 0 Å². The Balaban J connectivity index is 1.81. The Morgan fingerprint density at radius 3 is 2.76 bits per heavy atom. The molecule has 0 heterocycles. The van der Waals surface area contributed by atoms with E-state index in [-0.39, 0.29) is 12.0 Å². The highest BCUT2D eigenvalue weighted by atomic mass is 19.1. The van der Waals surface area contributed by atoms with Crippen molar-refractivity contribution in [3.63, 3.8) is 0 Å². The standard InChI is InChI=1S/C18H19F2N/c19-14-9-8-13(17(20)11-14)10-18(21)16-7-3-5-12-4-1-2-6-15(12)16/h1-2,4,6,8-9,11,16,18H,3,5,7,10,21H2. The van der Waals surface area contributed by atoms with Gasteiger partial charge in [0, 0.05) is 12.1 Å². The molecule has 21 heavy (non-hydrogen) atoms. The molecule has 2 aromatic rings. The molecule has 2 aromatic carbocycles. The number of nitrogens with two attached hydrogens (primary N) is 1. The van der Waals surface area contributed by atoms with Crippen molar-refractivity contribution in [3.8, 4) is 0 Å². The average molecular weight is 287 g/mol. The van der Waals surface area contributed by atoms with Crippen LogP contribution in [0, 0.1) is 11.6 Å². The lowest BCUT2D eigenvalue weighted by Gasteiger charge is -2.30. The van der Waals surface area contributed by atoms with Gasteiger partial charge in [0.1, 0.15) is 11.6 Å². The molecule has 0 saturated carbocycles. The lowest BCUT2D eigenvalue weighted by molar-refractivity contribution is 0.453. The van der Waals surface area contributed by atoms with Crippen molar-refractivity contribution in [2.24, 2.45) is 5.73 Å². The zero-order valence-corrected chi connectivity index (χ0v) is 11.9. The molecular weight excluding hydrogens is 268 g/mol. The third kappa shape index (κ3) is 2.98. The first kappa shape index (κ1) is 14.2.